The second-order valence-corrected chi connectivity index (χ2v) is 5.14. The Bertz CT molecular complexity index is 241. The fourth-order valence-electron chi connectivity index (χ4n) is 1.52. The summed E-state index contributed by atoms with van der Waals surface area (Å²) >= 11 is 0. The van der Waals surface area contributed by atoms with Crippen LogP contribution in [0.1, 0.15) is 53.9 Å². The van der Waals surface area contributed by atoms with Crippen LogP contribution in [-0.4, -0.2) is 24.2 Å². The molecule has 0 heterocycles. The lowest BCUT2D eigenvalue weighted by Crippen LogP contribution is -2.37. The third-order valence-corrected chi connectivity index (χ3v) is 2.68. The van der Waals surface area contributed by atoms with Crippen molar-refractivity contribution in [1.29, 1.82) is 0 Å². The van der Waals surface area contributed by atoms with Crippen molar-refractivity contribution in [3.05, 3.63) is 0 Å². The Morgan fingerprint density at radius 1 is 1.19 bits per heavy atom. The molecule has 0 aliphatic carbocycles. The highest BCUT2D eigenvalue weighted by Crippen LogP contribution is 2.18. The first kappa shape index (κ1) is 15.3. The Balaban J connectivity index is 4.22. The molecule has 0 aliphatic heterocycles. The molecule has 3 nitrogen and oxygen atoms in total. The van der Waals surface area contributed by atoms with Gasteiger partial charge in [-0.2, -0.15) is 0 Å². The van der Waals surface area contributed by atoms with Gasteiger partial charge in [-0.3, -0.25) is 9.59 Å². The predicted octanol–water partition coefficient (Wildman–Crippen LogP) is 2.34. The maximum atomic E-state index is 11.7. The SMILES string of the molecule is CCNC(CCC(=O)C(C)(C)C)C(=O)CC. The van der Waals surface area contributed by atoms with Gasteiger partial charge in [0.15, 0.2) is 0 Å². The van der Waals surface area contributed by atoms with Gasteiger partial charge in [0, 0.05) is 18.3 Å². The largest absolute Gasteiger partial charge is 0.308 e. The average molecular weight is 227 g/mol. The molecule has 0 amide bonds. The number of ketones is 2. The minimum Gasteiger partial charge on any atom is -0.308 e. The fraction of sp³-hybridized carbons (Fsp3) is 0.846. The monoisotopic (exact) mass is 227 g/mol. The zero-order chi connectivity index (χ0) is 12.8. The van der Waals surface area contributed by atoms with Crippen molar-refractivity contribution in [2.24, 2.45) is 5.41 Å². The first-order valence-electron chi connectivity index (χ1n) is 6.12. The molecule has 0 saturated carbocycles. The lowest BCUT2D eigenvalue weighted by atomic mass is 9.87. The van der Waals surface area contributed by atoms with Crippen molar-refractivity contribution < 1.29 is 9.59 Å². The van der Waals surface area contributed by atoms with E-state index in [4.69, 9.17) is 0 Å². The molecule has 16 heavy (non-hydrogen) atoms. The molecule has 0 aromatic rings. The number of nitrogens with one attached hydrogen (secondary N) is 1. The van der Waals surface area contributed by atoms with Gasteiger partial charge in [-0.15, -0.1) is 0 Å². The van der Waals surface area contributed by atoms with E-state index >= 15 is 0 Å². The number of likely N-dealkylation sites (N-methyl/N-ethyl adjacent to an activating group) is 1. The van der Waals surface area contributed by atoms with E-state index in [9.17, 15) is 9.59 Å². The molecule has 94 valence electrons. The molecule has 1 atom stereocenters. The Labute approximate surface area is 99.0 Å². The summed E-state index contributed by atoms with van der Waals surface area (Å²) in [4.78, 5) is 23.3. The molecule has 0 aromatic heterocycles. The number of hydrogen-bond donors (Lipinski definition) is 1. The molecular formula is C13H25NO2. The molecular weight excluding hydrogens is 202 g/mol. The standard InChI is InChI=1S/C13H25NO2/c1-6-11(15)10(14-7-2)8-9-12(16)13(3,4)5/h10,14H,6-9H2,1-5H3. The van der Waals surface area contributed by atoms with Crippen LogP contribution in [0.4, 0.5) is 0 Å². The van der Waals surface area contributed by atoms with Crippen LogP contribution >= 0.6 is 0 Å². The molecule has 0 radical (unpaired) electrons. The molecule has 0 aliphatic rings. The zero-order valence-corrected chi connectivity index (χ0v) is 11.2. The maximum absolute atomic E-state index is 11.7. The van der Waals surface area contributed by atoms with E-state index < -0.39 is 0 Å². The first-order valence-corrected chi connectivity index (χ1v) is 6.12. The van der Waals surface area contributed by atoms with Crippen molar-refractivity contribution in [3.63, 3.8) is 0 Å². The van der Waals surface area contributed by atoms with Crippen LogP contribution in [0.2, 0.25) is 0 Å². The summed E-state index contributed by atoms with van der Waals surface area (Å²) in [5.74, 6) is 0.419. The normalized spacial score (nSPS) is 13.6. The minimum atomic E-state index is -0.300. The number of carbonyl (C=O) groups is 2. The van der Waals surface area contributed by atoms with Crippen LogP contribution in [0, 0.1) is 5.41 Å². The van der Waals surface area contributed by atoms with Crippen LogP contribution in [0.5, 0.6) is 0 Å². The molecule has 3 heteroatoms. The van der Waals surface area contributed by atoms with Gasteiger partial charge in [0.2, 0.25) is 0 Å². The van der Waals surface area contributed by atoms with Gasteiger partial charge in [0.05, 0.1) is 6.04 Å². The summed E-state index contributed by atoms with van der Waals surface area (Å²) in [5, 5.41) is 3.14. The van der Waals surface area contributed by atoms with Crippen LogP contribution in [0.25, 0.3) is 0 Å². The van der Waals surface area contributed by atoms with E-state index in [1.807, 2.05) is 34.6 Å². The highest BCUT2D eigenvalue weighted by Gasteiger charge is 2.23. The average Bonchev–Trinajstić information content (AvgIpc) is 2.21. The highest BCUT2D eigenvalue weighted by atomic mass is 16.1. The van der Waals surface area contributed by atoms with Crippen molar-refractivity contribution in [3.8, 4) is 0 Å². The second-order valence-electron chi connectivity index (χ2n) is 5.14. The van der Waals surface area contributed by atoms with Gasteiger partial charge in [-0.1, -0.05) is 34.6 Å². The summed E-state index contributed by atoms with van der Waals surface area (Å²) in [5.41, 5.74) is -0.300. The van der Waals surface area contributed by atoms with E-state index in [-0.39, 0.29) is 23.0 Å². The number of Topliss-reactive ketones (excluding diaryl/α,β-unsaturated/α-hetero) is 2. The lowest BCUT2D eigenvalue weighted by Gasteiger charge is -2.20. The second kappa shape index (κ2) is 6.79. The van der Waals surface area contributed by atoms with E-state index in [1.165, 1.54) is 0 Å². The highest BCUT2D eigenvalue weighted by molar-refractivity contribution is 5.86. The summed E-state index contributed by atoms with van der Waals surface area (Å²) in [7, 11) is 0. The van der Waals surface area contributed by atoms with Gasteiger partial charge in [-0.05, 0) is 13.0 Å². The Morgan fingerprint density at radius 3 is 2.12 bits per heavy atom. The third kappa shape index (κ3) is 5.40. The van der Waals surface area contributed by atoms with E-state index in [2.05, 4.69) is 5.32 Å². The molecule has 0 saturated heterocycles. The topological polar surface area (TPSA) is 46.2 Å². The van der Waals surface area contributed by atoms with Crippen LogP contribution in [-0.2, 0) is 9.59 Å². The smallest absolute Gasteiger partial charge is 0.149 e. The van der Waals surface area contributed by atoms with Gasteiger partial charge in [-0.25, -0.2) is 0 Å². The molecule has 0 spiro atoms. The van der Waals surface area contributed by atoms with Crippen molar-refractivity contribution >= 4 is 11.6 Å². The summed E-state index contributed by atoms with van der Waals surface area (Å²) in [6.45, 7) is 10.3. The first-order chi connectivity index (χ1) is 7.32. The van der Waals surface area contributed by atoms with Crippen molar-refractivity contribution in [2.75, 3.05) is 6.54 Å². The third-order valence-electron chi connectivity index (χ3n) is 2.68. The van der Waals surface area contributed by atoms with Crippen molar-refractivity contribution in [2.45, 2.75) is 59.9 Å². The summed E-state index contributed by atoms with van der Waals surface area (Å²) in [6, 6.07) is -0.152. The van der Waals surface area contributed by atoms with Crippen LogP contribution < -0.4 is 5.32 Å². The Morgan fingerprint density at radius 2 is 1.75 bits per heavy atom. The van der Waals surface area contributed by atoms with E-state index in [0.29, 0.717) is 19.3 Å². The summed E-state index contributed by atoms with van der Waals surface area (Å²) < 4.78 is 0. The molecule has 0 aromatic carbocycles. The number of hydrogen-bond acceptors (Lipinski definition) is 3. The fourth-order valence-corrected chi connectivity index (χ4v) is 1.52. The molecule has 1 unspecified atom stereocenters. The predicted molar refractivity (Wildman–Crippen MR) is 66.5 cm³/mol. The van der Waals surface area contributed by atoms with Crippen LogP contribution in [0.15, 0.2) is 0 Å². The van der Waals surface area contributed by atoms with Gasteiger partial charge < -0.3 is 5.32 Å². The Hall–Kier alpha value is -0.700. The lowest BCUT2D eigenvalue weighted by molar-refractivity contribution is -0.126. The Kier molecular flexibility index (Phi) is 6.49. The molecule has 1 N–H and O–H groups in total. The molecule has 0 bridgehead atoms. The molecule has 0 fully saturated rings. The van der Waals surface area contributed by atoms with Gasteiger partial charge in [0.25, 0.3) is 0 Å². The van der Waals surface area contributed by atoms with Crippen molar-refractivity contribution in [1.82, 2.24) is 5.32 Å². The van der Waals surface area contributed by atoms with Gasteiger partial charge in [0.1, 0.15) is 11.6 Å². The maximum Gasteiger partial charge on any atom is 0.149 e. The van der Waals surface area contributed by atoms with E-state index in [0.717, 1.165) is 6.54 Å². The zero-order valence-electron chi connectivity index (χ0n) is 11.2. The quantitative estimate of drug-likeness (QED) is 0.726. The van der Waals surface area contributed by atoms with E-state index in [1.54, 1.807) is 0 Å². The van der Waals surface area contributed by atoms with Gasteiger partial charge >= 0.3 is 0 Å². The van der Waals surface area contributed by atoms with Crippen LogP contribution in [0.3, 0.4) is 0 Å². The number of carbonyl (C=O) groups excluding carboxylic acids is 2. The summed E-state index contributed by atoms with van der Waals surface area (Å²) in [6.07, 6.45) is 1.63. The minimum absolute atomic E-state index is 0.152. The molecule has 0 rings (SSSR count). The number of rotatable bonds is 7.